The molecule has 0 atom stereocenters. The summed E-state index contributed by atoms with van der Waals surface area (Å²) in [6.45, 7) is 0. The van der Waals surface area contributed by atoms with Crippen LogP contribution >= 0.6 is 0 Å². The Balaban J connectivity index is 1.24. The summed E-state index contributed by atoms with van der Waals surface area (Å²) in [7, 11) is 3.58. The number of amides is 2. The highest BCUT2D eigenvalue weighted by Crippen LogP contribution is 2.40. The first-order chi connectivity index (χ1) is 15.9. The number of rotatable bonds is 6. The molecule has 0 saturated heterocycles. The van der Waals surface area contributed by atoms with Gasteiger partial charge in [-0.05, 0) is 31.0 Å². The molecule has 9 nitrogen and oxygen atoms in total. The monoisotopic (exact) mass is 447 g/mol. The number of halogens is 1. The summed E-state index contributed by atoms with van der Waals surface area (Å²) in [4.78, 5) is 16.7. The third-order valence-electron chi connectivity index (χ3n) is 5.29. The van der Waals surface area contributed by atoms with Crippen LogP contribution < -0.4 is 15.4 Å². The zero-order valence-electron chi connectivity index (χ0n) is 18.1. The molecule has 0 bridgehead atoms. The molecule has 2 N–H and O–H groups in total. The van der Waals surface area contributed by atoms with E-state index in [0.717, 1.165) is 24.1 Å². The number of benzene rings is 1. The molecule has 10 heteroatoms. The summed E-state index contributed by atoms with van der Waals surface area (Å²) in [5.41, 5.74) is 2.53. The van der Waals surface area contributed by atoms with Crippen LogP contribution in [0.3, 0.4) is 0 Å². The van der Waals surface area contributed by atoms with Gasteiger partial charge in [0.25, 0.3) is 0 Å². The average molecular weight is 447 g/mol. The number of pyridine rings is 1. The number of aryl methyl sites for hydroxylation is 2. The smallest absolute Gasteiger partial charge is 0.324 e. The average Bonchev–Trinajstić information content (AvgIpc) is 3.45. The third kappa shape index (κ3) is 4.69. The van der Waals surface area contributed by atoms with E-state index in [4.69, 9.17) is 4.74 Å². The van der Waals surface area contributed by atoms with Gasteiger partial charge in [0.2, 0.25) is 0 Å². The van der Waals surface area contributed by atoms with Gasteiger partial charge in [-0.3, -0.25) is 19.7 Å². The Morgan fingerprint density at radius 2 is 1.94 bits per heavy atom. The highest BCUT2D eigenvalue weighted by Gasteiger charge is 2.27. The molecule has 5 rings (SSSR count). The van der Waals surface area contributed by atoms with Crippen molar-refractivity contribution >= 4 is 17.5 Å². The van der Waals surface area contributed by atoms with Gasteiger partial charge in [-0.15, -0.1) is 0 Å². The van der Waals surface area contributed by atoms with Gasteiger partial charge < -0.3 is 10.1 Å². The van der Waals surface area contributed by atoms with Gasteiger partial charge in [0.15, 0.2) is 0 Å². The van der Waals surface area contributed by atoms with E-state index in [0.29, 0.717) is 28.9 Å². The highest BCUT2D eigenvalue weighted by molar-refractivity contribution is 5.99. The van der Waals surface area contributed by atoms with E-state index in [1.807, 2.05) is 19.3 Å². The Labute approximate surface area is 189 Å². The molecule has 0 aliphatic heterocycles. The first-order valence-corrected chi connectivity index (χ1v) is 10.5. The first kappa shape index (κ1) is 20.7. The van der Waals surface area contributed by atoms with Crippen molar-refractivity contribution in [3.8, 4) is 22.8 Å². The van der Waals surface area contributed by atoms with Gasteiger partial charge in [-0.25, -0.2) is 9.18 Å². The molecule has 1 aliphatic carbocycles. The number of hydrogen-bond donors (Lipinski definition) is 2. The maximum absolute atomic E-state index is 14.6. The Kier molecular flexibility index (Phi) is 5.25. The van der Waals surface area contributed by atoms with E-state index in [2.05, 4.69) is 25.8 Å². The summed E-state index contributed by atoms with van der Waals surface area (Å²) in [6.07, 6.45) is 7.39. The van der Waals surface area contributed by atoms with E-state index < -0.39 is 11.8 Å². The van der Waals surface area contributed by atoms with Crippen LogP contribution in [-0.2, 0) is 14.1 Å². The van der Waals surface area contributed by atoms with Crippen molar-refractivity contribution < 1.29 is 13.9 Å². The van der Waals surface area contributed by atoms with Crippen LogP contribution in [0.25, 0.3) is 11.3 Å². The number of hydrogen-bond acceptors (Lipinski definition) is 5. The number of carbonyl (C=O) groups is 1. The van der Waals surface area contributed by atoms with E-state index >= 15 is 0 Å². The van der Waals surface area contributed by atoms with Crippen molar-refractivity contribution in [2.45, 2.75) is 18.8 Å². The first-order valence-electron chi connectivity index (χ1n) is 10.5. The zero-order valence-corrected chi connectivity index (χ0v) is 18.1. The van der Waals surface area contributed by atoms with Gasteiger partial charge in [0.05, 0.1) is 23.3 Å². The van der Waals surface area contributed by atoms with Crippen LogP contribution in [0, 0.1) is 5.82 Å². The second-order valence-corrected chi connectivity index (χ2v) is 7.95. The summed E-state index contributed by atoms with van der Waals surface area (Å²) in [5.74, 6) is 1.21. The van der Waals surface area contributed by atoms with Crippen LogP contribution in [0.4, 0.5) is 20.7 Å². The van der Waals surface area contributed by atoms with Crippen molar-refractivity contribution in [1.82, 2.24) is 24.5 Å². The lowest BCUT2D eigenvalue weighted by Crippen LogP contribution is -2.21. The summed E-state index contributed by atoms with van der Waals surface area (Å²) < 4.78 is 23.7. The quantitative estimate of drug-likeness (QED) is 0.448. The SMILES string of the molecule is Cn1cc(-c2cc(Oc3ccc(NC(=O)Nc4cc(C5CC5)nn4C)c(F)c3)ccn2)cn1. The molecule has 3 aromatic heterocycles. The minimum absolute atomic E-state index is 0.0372. The van der Waals surface area contributed by atoms with Crippen molar-refractivity contribution in [2.75, 3.05) is 10.6 Å². The number of nitrogens with zero attached hydrogens (tertiary/aromatic N) is 5. The van der Waals surface area contributed by atoms with Crippen LogP contribution in [0.5, 0.6) is 11.5 Å². The molecule has 168 valence electrons. The van der Waals surface area contributed by atoms with Gasteiger partial charge in [0.1, 0.15) is 23.1 Å². The summed E-state index contributed by atoms with van der Waals surface area (Å²) in [6, 6.07) is 8.97. The fourth-order valence-electron chi connectivity index (χ4n) is 3.44. The van der Waals surface area contributed by atoms with Crippen LogP contribution in [0.15, 0.2) is 55.0 Å². The largest absolute Gasteiger partial charge is 0.457 e. The fraction of sp³-hybridized carbons (Fsp3) is 0.217. The minimum atomic E-state index is -0.618. The predicted octanol–water partition coefficient (Wildman–Crippen LogP) is 4.67. The molecule has 33 heavy (non-hydrogen) atoms. The minimum Gasteiger partial charge on any atom is -0.457 e. The normalized spacial score (nSPS) is 13.1. The van der Waals surface area contributed by atoms with E-state index in [1.165, 1.54) is 12.1 Å². The van der Waals surface area contributed by atoms with Crippen molar-refractivity contribution in [1.29, 1.82) is 0 Å². The van der Waals surface area contributed by atoms with Crippen molar-refractivity contribution in [3.05, 3.63) is 66.5 Å². The predicted molar refractivity (Wildman–Crippen MR) is 121 cm³/mol. The topological polar surface area (TPSA) is 98.9 Å². The van der Waals surface area contributed by atoms with Gasteiger partial charge >= 0.3 is 6.03 Å². The Morgan fingerprint density at radius 3 is 2.67 bits per heavy atom. The van der Waals surface area contributed by atoms with Gasteiger partial charge in [-0.2, -0.15) is 10.2 Å². The molecule has 0 spiro atoms. The van der Waals surface area contributed by atoms with E-state index in [9.17, 15) is 9.18 Å². The lowest BCUT2D eigenvalue weighted by Gasteiger charge is -2.11. The molecular formula is C23H22FN7O2. The molecule has 1 aromatic carbocycles. The number of carbonyl (C=O) groups excluding carboxylic acids is 1. The number of anilines is 2. The van der Waals surface area contributed by atoms with E-state index in [-0.39, 0.29) is 5.69 Å². The fourth-order valence-corrected chi connectivity index (χ4v) is 3.44. The molecule has 3 heterocycles. The number of ether oxygens (including phenoxy) is 1. The molecule has 0 unspecified atom stereocenters. The standard InChI is InChI=1S/C23H22FN7O2/c1-30-13-15(12-26-30)20-10-17(7-8-25-20)33-16-5-6-19(18(24)9-16)27-23(32)28-22-11-21(14-3-4-14)29-31(22)2/h5-14H,3-4H2,1-2H3,(H2,27,28,32). The molecule has 1 fully saturated rings. The molecule has 0 radical (unpaired) electrons. The highest BCUT2D eigenvalue weighted by atomic mass is 19.1. The van der Waals surface area contributed by atoms with Crippen LogP contribution in [0.2, 0.25) is 0 Å². The second-order valence-electron chi connectivity index (χ2n) is 7.95. The maximum Gasteiger partial charge on any atom is 0.324 e. The van der Waals surface area contributed by atoms with E-state index in [1.54, 1.807) is 47.0 Å². The summed E-state index contributed by atoms with van der Waals surface area (Å²) >= 11 is 0. The third-order valence-corrected chi connectivity index (χ3v) is 5.29. The Bertz CT molecular complexity index is 1330. The van der Waals surface area contributed by atoms with Gasteiger partial charge in [-0.1, -0.05) is 0 Å². The Hall–Kier alpha value is -4.21. The van der Waals surface area contributed by atoms with Gasteiger partial charge in [0, 0.05) is 56.2 Å². The lowest BCUT2D eigenvalue weighted by atomic mass is 10.2. The zero-order chi connectivity index (χ0) is 22.9. The van der Waals surface area contributed by atoms with Crippen molar-refractivity contribution in [2.24, 2.45) is 14.1 Å². The van der Waals surface area contributed by atoms with Crippen molar-refractivity contribution in [3.63, 3.8) is 0 Å². The molecular weight excluding hydrogens is 425 g/mol. The lowest BCUT2D eigenvalue weighted by molar-refractivity contribution is 0.262. The second kappa shape index (κ2) is 8.38. The van der Waals surface area contributed by atoms with Crippen LogP contribution in [-0.4, -0.2) is 30.6 Å². The molecule has 1 aliphatic rings. The molecule has 4 aromatic rings. The van der Waals surface area contributed by atoms with Crippen LogP contribution in [0.1, 0.15) is 24.5 Å². The number of urea groups is 1. The molecule has 1 saturated carbocycles. The Morgan fingerprint density at radius 1 is 1.12 bits per heavy atom. The number of nitrogens with one attached hydrogen (secondary N) is 2. The number of aromatic nitrogens is 5. The maximum atomic E-state index is 14.6. The molecule has 2 amide bonds. The summed E-state index contributed by atoms with van der Waals surface area (Å²) in [5, 5.41) is 13.8.